The zero-order valence-electron chi connectivity index (χ0n) is 15.7. The van der Waals surface area contributed by atoms with Gasteiger partial charge in [0.1, 0.15) is 17.3 Å². The summed E-state index contributed by atoms with van der Waals surface area (Å²) in [6, 6.07) is 5.18. The van der Waals surface area contributed by atoms with Crippen molar-refractivity contribution in [3.63, 3.8) is 0 Å². The van der Waals surface area contributed by atoms with Gasteiger partial charge < -0.3 is 29.5 Å². The lowest BCUT2D eigenvalue weighted by molar-refractivity contribution is -0.265. The number of methoxy groups -OCH3 is 1. The van der Waals surface area contributed by atoms with Crippen molar-refractivity contribution in [3.05, 3.63) is 53.6 Å². The van der Waals surface area contributed by atoms with Crippen molar-refractivity contribution in [1.29, 1.82) is 0 Å². The summed E-state index contributed by atoms with van der Waals surface area (Å²) < 4.78 is 18.2. The third kappa shape index (κ3) is 3.83. The summed E-state index contributed by atoms with van der Waals surface area (Å²) in [7, 11) is 1.20. The number of amides is 1. The van der Waals surface area contributed by atoms with Crippen LogP contribution in [0, 0.1) is 5.82 Å². The average Bonchev–Trinajstić information content (AvgIpc) is 2.76. The van der Waals surface area contributed by atoms with Crippen LogP contribution in [-0.2, 0) is 14.9 Å². The second-order valence-corrected chi connectivity index (χ2v) is 6.57. The van der Waals surface area contributed by atoms with Crippen LogP contribution in [0.5, 0.6) is 0 Å². The number of rotatable bonds is 5. The molecule has 0 spiro atoms. The van der Waals surface area contributed by atoms with E-state index in [1.54, 1.807) is 4.90 Å². The Kier molecular flexibility index (Phi) is 5.92. The molecule has 3 rings (SSSR count). The van der Waals surface area contributed by atoms with Crippen LogP contribution in [-0.4, -0.2) is 71.9 Å². The third-order valence-electron chi connectivity index (χ3n) is 5.06. The summed E-state index contributed by atoms with van der Waals surface area (Å²) in [5.41, 5.74) is -0.975. The zero-order chi connectivity index (χ0) is 21.0. The van der Waals surface area contributed by atoms with Crippen molar-refractivity contribution in [2.75, 3.05) is 44.8 Å². The van der Waals surface area contributed by atoms with Crippen LogP contribution < -0.4 is 10.0 Å². The number of hydrogen-bond donors (Lipinski definition) is 1. The lowest BCUT2D eigenvalue weighted by Gasteiger charge is -2.36. The predicted octanol–water partition coefficient (Wildman–Crippen LogP) is -0.468. The number of carbonyl (C=O) groups excluding carboxylic acids is 2. The van der Waals surface area contributed by atoms with E-state index in [-0.39, 0.29) is 18.7 Å². The average molecular weight is 403 g/mol. The van der Waals surface area contributed by atoms with Gasteiger partial charge in [0.05, 0.1) is 13.7 Å². The molecule has 1 atom stereocenters. The van der Waals surface area contributed by atoms with Crippen molar-refractivity contribution < 1.29 is 28.9 Å². The number of carboxylic acid groups (broad SMARTS) is 1. The van der Waals surface area contributed by atoms with Gasteiger partial charge in [0, 0.05) is 44.1 Å². The van der Waals surface area contributed by atoms with Crippen LogP contribution in [0.3, 0.4) is 0 Å². The summed E-state index contributed by atoms with van der Waals surface area (Å²) >= 11 is 0. The minimum Gasteiger partial charge on any atom is -0.530 e. The minimum absolute atomic E-state index is 0.270. The zero-order valence-corrected chi connectivity index (χ0v) is 15.7. The van der Waals surface area contributed by atoms with E-state index in [2.05, 4.69) is 9.97 Å². The highest BCUT2D eigenvalue weighted by molar-refractivity contribution is 5.87. The quantitative estimate of drug-likeness (QED) is 0.666. The topological polar surface area (TPSA) is 119 Å². The van der Waals surface area contributed by atoms with Gasteiger partial charge in [-0.1, -0.05) is 12.1 Å². The molecule has 0 radical (unpaired) electrons. The number of aliphatic hydroxyl groups is 1. The fraction of sp³-hybridized carbons (Fsp3) is 0.368. The van der Waals surface area contributed by atoms with Gasteiger partial charge in [-0.15, -0.1) is 0 Å². The summed E-state index contributed by atoms with van der Waals surface area (Å²) in [5, 5.41) is 21.0. The molecular formula is C19H20FN4O5-. The van der Waals surface area contributed by atoms with Crippen LogP contribution in [0.15, 0.2) is 36.7 Å². The maximum Gasteiger partial charge on any atom is 0.323 e. The Morgan fingerprint density at radius 1 is 1.14 bits per heavy atom. The van der Waals surface area contributed by atoms with E-state index in [9.17, 15) is 24.2 Å². The first kappa shape index (κ1) is 20.5. The number of esters is 1. The Morgan fingerprint density at radius 2 is 1.72 bits per heavy atom. The fourth-order valence-corrected chi connectivity index (χ4v) is 3.35. The van der Waals surface area contributed by atoms with E-state index in [1.165, 1.54) is 48.7 Å². The van der Waals surface area contributed by atoms with Gasteiger partial charge in [-0.05, 0) is 17.7 Å². The molecule has 1 N–H and O–H groups in total. The highest BCUT2D eigenvalue weighted by Crippen LogP contribution is 2.33. The van der Waals surface area contributed by atoms with Gasteiger partial charge in [0.2, 0.25) is 5.95 Å². The SMILES string of the molecule is COC(=O)C(CO)(c1ccc(F)cc1)c1cnc(N2CCN(C(=O)[O-])CC2)nc1. The summed E-state index contributed by atoms with van der Waals surface area (Å²) in [5.74, 6) is -0.846. The molecule has 0 saturated carbocycles. The van der Waals surface area contributed by atoms with Crippen molar-refractivity contribution in [2.45, 2.75) is 5.41 Å². The van der Waals surface area contributed by atoms with Crippen LogP contribution in [0.2, 0.25) is 0 Å². The third-order valence-corrected chi connectivity index (χ3v) is 5.06. The normalized spacial score (nSPS) is 16.2. The number of benzene rings is 1. The number of anilines is 1. The standard InChI is InChI=1S/C19H21FN4O5/c1-29-16(26)19(12-25,13-2-4-15(20)5-3-13)14-10-21-17(22-11-14)23-6-8-24(9-7-23)18(27)28/h2-5,10-11,25H,6-9,12H2,1H3,(H,27,28)/p-1. The van der Waals surface area contributed by atoms with Gasteiger partial charge in [0.15, 0.2) is 0 Å². The van der Waals surface area contributed by atoms with Crippen molar-refractivity contribution in [1.82, 2.24) is 14.9 Å². The number of aromatic nitrogens is 2. The number of carbonyl (C=O) groups is 2. The molecule has 9 nitrogen and oxygen atoms in total. The molecule has 154 valence electrons. The summed E-state index contributed by atoms with van der Waals surface area (Å²) in [6.45, 7) is 0.705. The highest BCUT2D eigenvalue weighted by atomic mass is 19.1. The molecule has 0 bridgehead atoms. The Hall–Kier alpha value is -3.27. The van der Waals surface area contributed by atoms with Crippen LogP contribution >= 0.6 is 0 Å². The van der Waals surface area contributed by atoms with E-state index in [4.69, 9.17) is 4.74 Å². The Morgan fingerprint density at radius 3 is 2.21 bits per heavy atom. The number of ether oxygens (including phenoxy) is 1. The molecule has 1 aliphatic heterocycles. The van der Waals surface area contributed by atoms with E-state index in [1.807, 2.05) is 0 Å². The number of piperazine rings is 1. The number of nitrogens with zero attached hydrogens (tertiary/aromatic N) is 4. The van der Waals surface area contributed by atoms with Gasteiger partial charge >= 0.3 is 5.97 Å². The van der Waals surface area contributed by atoms with Crippen molar-refractivity contribution in [2.24, 2.45) is 0 Å². The Balaban J connectivity index is 1.91. The molecule has 29 heavy (non-hydrogen) atoms. The smallest absolute Gasteiger partial charge is 0.323 e. The molecule has 2 aromatic rings. The fourth-order valence-electron chi connectivity index (χ4n) is 3.35. The molecular weight excluding hydrogens is 383 g/mol. The molecule has 1 unspecified atom stereocenters. The number of halogens is 1. The van der Waals surface area contributed by atoms with Crippen molar-refractivity contribution >= 4 is 18.0 Å². The molecule has 10 heteroatoms. The van der Waals surface area contributed by atoms with Gasteiger partial charge in [0.25, 0.3) is 0 Å². The Bertz CT molecular complexity index is 869. The molecule has 0 aliphatic carbocycles. The van der Waals surface area contributed by atoms with Gasteiger partial charge in [-0.25, -0.2) is 14.4 Å². The first-order valence-corrected chi connectivity index (χ1v) is 8.91. The highest BCUT2D eigenvalue weighted by Gasteiger charge is 2.44. The lowest BCUT2D eigenvalue weighted by atomic mass is 9.76. The van der Waals surface area contributed by atoms with Crippen LogP contribution in [0.25, 0.3) is 0 Å². The number of hydrogen-bond acceptors (Lipinski definition) is 8. The van der Waals surface area contributed by atoms with E-state index in [0.29, 0.717) is 24.6 Å². The first-order chi connectivity index (χ1) is 13.9. The number of aliphatic hydroxyl groups excluding tert-OH is 1. The summed E-state index contributed by atoms with van der Waals surface area (Å²) in [4.78, 5) is 35.1. The Labute approximate surface area is 166 Å². The second kappa shape index (κ2) is 8.39. The predicted molar refractivity (Wildman–Crippen MR) is 97.5 cm³/mol. The summed E-state index contributed by atoms with van der Waals surface area (Å²) in [6.07, 6.45) is 1.60. The van der Waals surface area contributed by atoms with Crippen LogP contribution in [0.1, 0.15) is 11.1 Å². The minimum atomic E-state index is -1.60. The lowest BCUT2D eigenvalue weighted by Crippen LogP contribution is -2.53. The van der Waals surface area contributed by atoms with Crippen LogP contribution in [0.4, 0.5) is 15.1 Å². The monoisotopic (exact) mass is 403 g/mol. The molecule has 1 aromatic carbocycles. The molecule has 2 heterocycles. The molecule has 1 amide bonds. The molecule has 1 fully saturated rings. The van der Waals surface area contributed by atoms with E-state index < -0.39 is 29.9 Å². The first-order valence-electron chi connectivity index (χ1n) is 8.91. The molecule has 1 aromatic heterocycles. The molecule has 1 saturated heterocycles. The maximum absolute atomic E-state index is 13.3. The van der Waals surface area contributed by atoms with Gasteiger partial charge in [-0.2, -0.15) is 0 Å². The van der Waals surface area contributed by atoms with Crippen molar-refractivity contribution in [3.8, 4) is 0 Å². The van der Waals surface area contributed by atoms with E-state index >= 15 is 0 Å². The van der Waals surface area contributed by atoms with E-state index in [0.717, 1.165) is 0 Å². The molecule has 1 aliphatic rings. The largest absolute Gasteiger partial charge is 0.530 e. The second-order valence-electron chi connectivity index (χ2n) is 6.57. The van der Waals surface area contributed by atoms with Gasteiger partial charge in [-0.3, -0.25) is 4.79 Å². The maximum atomic E-state index is 13.3.